The fraction of sp³-hybridized carbons (Fsp3) is 0.231. The molecule has 0 radical (unpaired) electrons. The van der Waals surface area contributed by atoms with E-state index in [0.29, 0.717) is 5.92 Å². The van der Waals surface area contributed by atoms with Crippen molar-refractivity contribution < 1.29 is 0 Å². The summed E-state index contributed by atoms with van der Waals surface area (Å²) < 4.78 is 0. The first kappa shape index (κ1) is 10.7. The van der Waals surface area contributed by atoms with E-state index in [0.717, 1.165) is 10.6 Å². The summed E-state index contributed by atoms with van der Waals surface area (Å²) in [5, 5.41) is 5.04. The molecule has 78 valence electrons. The summed E-state index contributed by atoms with van der Waals surface area (Å²) in [4.78, 5) is 0. The smallest absolute Gasteiger partial charge is 0.0484 e. The largest absolute Gasteiger partial charge is 0.152 e. The zero-order valence-electron chi connectivity index (χ0n) is 8.83. The molecule has 2 aromatic rings. The monoisotopic (exact) mass is 236 g/mol. The number of rotatable bonds is 2. The first-order valence-electron chi connectivity index (χ1n) is 5.00. The molecule has 0 bridgehead atoms. The molecule has 0 saturated carbocycles. The molecule has 2 rings (SSSR count). The van der Waals surface area contributed by atoms with Crippen LogP contribution < -0.4 is 0 Å². The van der Waals surface area contributed by atoms with Gasteiger partial charge in [0.05, 0.1) is 0 Å². The van der Waals surface area contributed by atoms with Crippen molar-refractivity contribution in [3.63, 3.8) is 0 Å². The second kappa shape index (κ2) is 4.38. The Kier molecular flexibility index (Phi) is 3.13. The molecule has 0 amide bonds. The van der Waals surface area contributed by atoms with E-state index in [4.69, 9.17) is 11.6 Å². The second-order valence-electron chi connectivity index (χ2n) is 3.91. The van der Waals surface area contributed by atoms with Crippen LogP contribution in [0.3, 0.4) is 0 Å². The summed E-state index contributed by atoms with van der Waals surface area (Å²) in [5.74, 6) is 0.541. The van der Waals surface area contributed by atoms with Gasteiger partial charge in [-0.05, 0) is 46.0 Å². The molecular formula is C13H13ClS. The van der Waals surface area contributed by atoms with E-state index < -0.39 is 0 Å². The van der Waals surface area contributed by atoms with Crippen molar-refractivity contribution in [1.29, 1.82) is 0 Å². The van der Waals surface area contributed by atoms with Gasteiger partial charge in [0.15, 0.2) is 0 Å². The van der Waals surface area contributed by atoms with Crippen LogP contribution in [0.15, 0.2) is 35.0 Å². The van der Waals surface area contributed by atoms with Crippen molar-refractivity contribution in [2.24, 2.45) is 0 Å². The molecule has 0 spiro atoms. The topological polar surface area (TPSA) is 0 Å². The van der Waals surface area contributed by atoms with Gasteiger partial charge in [-0.15, -0.1) is 0 Å². The Hall–Kier alpha value is -0.790. The van der Waals surface area contributed by atoms with Crippen LogP contribution in [0.25, 0.3) is 11.1 Å². The number of hydrogen-bond donors (Lipinski definition) is 0. The standard InChI is InChI=1S/C13H13ClS/c1-9(2)10-3-4-13(14)12(7-10)11-5-6-15-8-11/h3-9H,1-2H3. The van der Waals surface area contributed by atoms with E-state index in [9.17, 15) is 0 Å². The molecule has 0 aliphatic rings. The normalized spacial score (nSPS) is 10.9. The lowest BCUT2D eigenvalue weighted by Gasteiger charge is -2.09. The Morgan fingerprint density at radius 1 is 1.20 bits per heavy atom. The van der Waals surface area contributed by atoms with Crippen LogP contribution in [0.5, 0.6) is 0 Å². The molecule has 0 aliphatic heterocycles. The van der Waals surface area contributed by atoms with Crippen LogP contribution in [-0.4, -0.2) is 0 Å². The zero-order chi connectivity index (χ0) is 10.8. The van der Waals surface area contributed by atoms with E-state index in [1.54, 1.807) is 11.3 Å². The number of benzene rings is 1. The summed E-state index contributed by atoms with van der Waals surface area (Å²) in [6.07, 6.45) is 0. The molecule has 15 heavy (non-hydrogen) atoms. The van der Waals surface area contributed by atoms with Crippen LogP contribution in [0, 0.1) is 0 Å². The van der Waals surface area contributed by atoms with E-state index in [-0.39, 0.29) is 0 Å². The third kappa shape index (κ3) is 2.24. The molecule has 2 heteroatoms. The van der Waals surface area contributed by atoms with Gasteiger partial charge in [-0.3, -0.25) is 0 Å². The zero-order valence-corrected chi connectivity index (χ0v) is 10.4. The Balaban J connectivity index is 2.51. The molecule has 0 N–H and O–H groups in total. The van der Waals surface area contributed by atoms with Gasteiger partial charge < -0.3 is 0 Å². The van der Waals surface area contributed by atoms with Crippen molar-refractivity contribution in [3.8, 4) is 11.1 Å². The van der Waals surface area contributed by atoms with Crippen molar-refractivity contribution in [1.82, 2.24) is 0 Å². The van der Waals surface area contributed by atoms with E-state index in [2.05, 4.69) is 42.8 Å². The Morgan fingerprint density at radius 3 is 2.60 bits per heavy atom. The second-order valence-corrected chi connectivity index (χ2v) is 5.09. The summed E-state index contributed by atoms with van der Waals surface area (Å²) in [5.41, 5.74) is 3.69. The minimum absolute atomic E-state index is 0.541. The lowest BCUT2D eigenvalue weighted by Crippen LogP contribution is -1.88. The molecule has 1 aromatic carbocycles. The highest BCUT2D eigenvalue weighted by Gasteiger charge is 2.07. The predicted octanol–water partition coefficient (Wildman–Crippen LogP) is 5.19. The summed E-state index contributed by atoms with van der Waals surface area (Å²) in [6, 6.07) is 8.39. The minimum Gasteiger partial charge on any atom is -0.152 e. The van der Waals surface area contributed by atoms with Gasteiger partial charge in [0.2, 0.25) is 0 Å². The highest BCUT2D eigenvalue weighted by atomic mass is 35.5. The van der Waals surface area contributed by atoms with Crippen molar-refractivity contribution in [2.45, 2.75) is 19.8 Å². The van der Waals surface area contributed by atoms with Crippen LogP contribution in [0.1, 0.15) is 25.3 Å². The molecular weight excluding hydrogens is 224 g/mol. The van der Waals surface area contributed by atoms with Gasteiger partial charge >= 0.3 is 0 Å². The maximum Gasteiger partial charge on any atom is 0.0484 e. The average molecular weight is 237 g/mol. The van der Waals surface area contributed by atoms with Crippen LogP contribution in [0.4, 0.5) is 0 Å². The fourth-order valence-corrected chi connectivity index (χ4v) is 2.42. The summed E-state index contributed by atoms with van der Waals surface area (Å²) in [7, 11) is 0. The van der Waals surface area contributed by atoms with Gasteiger partial charge in [0, 0.05) is 10.6 Å². The highest BCUT2D eigenvalue weighted by Crippen LogP contribution is 2.32. The molecule has 0 fully saturated rings. The molecule has 0 unspecified atom stereocenters. The Bertz CT molecular complexity index is 444. The fourth-order valence-electron chi connectivity index (χ4n) is 1.54. The van der Waals surface area contributed by atoms with Gasteiger partial charge in [-0.2, -0.15) is 11.3 Å². The summed E-state index contributed by atoms with van der Waals surface area (Å²) in [6.45, 7) is 4.39. The molecule has 0 aliphatic carbocycles. The SMILES string of the molecule is CC(C)c1ccc(Cl)c(-c2ccsc2)c1. The third-order valence-corrected chi connectivity index (χ3v) is 3.50. The van der Waals surface area contributed by atoms with Gasteiger partial charge in [-0.1, -0.05) is 31.5 Å². The molecule has 1 heterocycles. The average Bonchev–Trinajstić information content (AvgIpc) is 2.71. The lowest BCUT2D eigenvalue weighted by atomic mass is 9.99. The van der Waals surface area contributed by atoms with Crippen molar-refractivity contribution >= 4 is 22.9 Å². The highest BCUT2D eigenvalue weighted by molar-refractivity contribution is 7.08. The first-order valence-corrected chi connectivity index (χ1v) is 6.32. The number of halogens is 1. The molecule has 0 saturated heterocycles. The quantitative estimate of drug-likeness (QED) is 0.673. The minimum atomic E-state index is 0.541. The third-order valence-electron chi connectivity index (χ3n) is 2.49. The number of hydrogen-bond acceptors (Lipinski definition) is 1. The lowest BCUT2D eigenvalue weighted by molar-refractivity contribution is 0.867. The van der Waals surface area contributed by atoms with Crippen LogP contribution >= 0.6 is 22.9 Å². The predicted molar refractivity (Wildman–Crippen MR) is 68.9 cm³/mol. The molecule has 0 nitrogen and oxygen atoms in total. The Morgan fingerprint density at radius 2 is 2.00 bits per heavy atom. The molecule has 1 aromatic heterocycles. The van der Waals surface area contributed by atoms with Gasteiger partial charge in [0.1, 0.15) is 0 Å². The van der Waals surface area contributed by atoms with Crippen molar-refractivity contribution in [3.05, 3.63) is 45.6 Å². The summed E-state index contributed by atoms with van der Waals surface area (Å²) >= 11 is 7.90. The van der Waals surface area contributed by atoms with Crippen molar-refractivity contribution in [2.75, 3.05) is 0 Å². The number of thiophene rings is 1. The van der Waals surface area contributed by atoms with E-state index in [1.165, 1.54) is 11.1 Å². The van der Waals surface area contributed by atoms with E-state index >= 15 is 0 Å². The van der Waals surface area contributed by atoms with Crippen LogP contribution in [0.2, 0.25) is 5.02 Å². The first-order chi connectivity index (χ1) is 7.18. The maximum atomic E-state index is 6.20. The van der Waals surface area contributed by atoms with Gasteiger partial charge in [0.25, 0.3) is 0 Å². The Labute approximate surface area is 99.5 Å². The van der Waals surface area contributed by atoms with E-state index in [1.807, 2.05) is 6.07 Å². The van der Waals surface area contributed by atoms with Gasteiger partial charge in [-0.25, -0.2) is 0 Å². The van der Waals surface area contributed by atoms with Crippen LogP contribution in [-0.2, 0) is 0 Å². The molecule has 0 atom stereocenters. The maximum absolute atomic E-state index is 6.20.